The van der Waals surface area contributed by atoms with Crippen molar-refractivity contribution in [3.05, 3.63) is 40.7 Å². The summed E-state index contributed by atoms with van der Waals surface area (Å²) >= 11 is 11.5. The minimum absolute atomic E-state index is 0.338. The highest BCUT2D eigenvalue weighted by atomic mass is 35.5. The van der Waals surface area contributed by atoms with Crippen molar-refractivity contribution in [1.82, 2.24) is 4.98 Å². The molecule has 4 heteroatoms. The smallest absolute Gasteiger partial charge is 0.0797 e. The molecule has 12 heavy (non-hydrogen) atoms. The third-order valence-electron chi connectivity index (χ3n) is 1.41. The lowest BCUT2D eigenvalue weighted by atomic mass is 10.2. The van der Waals surface area contributed by atoms with Gasteiger partial charge in [0, 0.05) is 6.20 Å². The van der Waals surface area contributed by atoms with Crippen LogP contribution in [0, 0.1) is 0 Å². The van der Waals surface area contributed by atoms with Crippen LogP contribution in [0.1, 0.15) is 11.7 Å². The highest BCUT2D eigenvalue weighted by molar-refractivity contribution is 6.34. The average molecular weight is 203 g/mol. The Kier molecular flexibility index (Phi) is 3.09. The zero-order valence-corrected chi connectivity index (χ0v) is 7.81. The van der Waals surface area contributed by atoms with Crippen LogP contribution >= 0.6 is 23.2 Å². The fourth-order valence-corrected chi connectivity index (χ4v) is 1.29. The first kappa shape index (κ1) is 9.52. The predicted octanol–water partition coefficient (Wildman–Crippen LogP) is 2.57. The molecule has 0 bridgehead atoms. The van der Waals surface area contributed by atoms with Gasteiger partial charge in [0.1, 0.15) is 0 Å². The van der Waals surface area contributed by atoms with Gasteiger partial charge >= 0.3 is 0 Å². The molecule has 2 N–H and O–H groups in total. The molecule has 1 unspecified atom stereocenters. The van der Waals surface area contributed by atoms with Crippen molar-refractivity contribution in [3.8, 4) is 0 Å². The van der Waals surface area contributed by atoms with Gasteiger partial charge in [0.2, 0.25) is 0 Å². The van der Waals surface area contributed by atoms with Gasteiger partial charge in [-0.2, -0.15) is 0 Å². The van der Waals surface area contributed by atoms with E-state index in [1.807, 2.05) is 0 Å². The lowest BCUT2D eigenvalue weighted by molar-refractivity contribution is 0.864. The van der Waals surface area contributed by atoms with Crippen LogP contribution in [0.3, 0.4) is 0 Å². The minimum atomic E-state index is -0.338. The van der Waals surface area contributed by atoms with Crippen LogP contribution in [0.5, 0.6) is 0 Å². The second-order valence-electron chi connectivity index (χ2n) is 2.28. The fourth-order valence-electron chi connectivity index (χ4n) is 0.782. The Hall–Kier alpha value is -0.570. The maximum absolute atomic E-state index is 5.83. The average Bonchev–Trinajstić information content (AvgIpc) is 2.03. The number of nitrogens with zero attached hydrogens (tertiary/aromatic N) is 1. The van der Waals surface area contributed by atoms with Crippen molar-refractivity contribution in [3.63, 3.8) is 0 Å². The molecule has 1 atom stereocenters. The highest BCUT2D eigenvalue weighted by Crippen LogP contribution is 2.22. The first-order chi connectivity index (χ1) is 5.65. The van der Waals surface area contributed by atoms with E-state index in [9.17, 15) is 0 Å². The molecule has 0 fully saturated rings. The monoisotopic (exact) mass is 202 g/mol. The van der Waals surface area contributed by atoms with Gasteiger partial charge in [-0.25, -0.2) is 0 Å². The number of hydrogen-bond donors (Lipinski definition) is 1. The molecule has 0 saturated carbocycles. The molecule has 0 aromatic carbocycles. The molecule has 64 valence electrons. The van der Waals surface area contributed by atoms with Gasteiger partial charge < -0.3 is 5.73 Å². The second-order valence-corrected chi connectivity index (χ2v) is 3.13. The first-order valence-corrected chi connectivity index (χ1v) is 4.10. The molecule has 1 aromatic rings. The SMILES string of the molecule is C=CC(N)c1ncc(Cl)cc1Cl. The Balaban J connectivity index is 3.09. The van der Waals surface area contributed by atoms with E-state index in [1.165, 1.54) is 6.20 Å². The molecule has 0 radical (unpaired) electrons. The molecule has 0 aliphatic heterocycles. The predicted molar refractivity (Wildman–Crippen MR) is 51.4 cm³/mol. The lowest BCUT2D eigenvalue weighted by Gasteiger charge is -2.06. The van der Waals surface area contributed by atoms with E-state index in [0.717, 1.165) is 0 Å². The third kappa shape index (κ3) is 1.97. The minimum Gasteiger partial charge on any atom is -0.319 e. The Labute approximate surface area is 81.0 Å². The summed E-state index contributed by atoms with van der Waals surface area (Å²) in [7, 11) is 0. The Morgan fingerprint density at radius 3 is 2.75 bits per heavy atom. The van der Waals surface area contributed by atoms with Crippen molar-refractivity contribution in [2.75, 3.05) is 0 Å². The fraction of sp³-hybridized carbons (Fsp3) is 0.125. The molecular weight excluding hydrogens is 195 g/mol. The summed E-state index contributed by atoms with van der Waals surface area (Å²) in [6.45, 7) is 3.54. The molecule has 1 rings (SSSR count). The summed E-state index contributed by atoms with van der Waals surface area (Å²) in [5.74, 6) is 0. The van der Waals surface area contributed by atoms with Crippen molar-refractivity contribution in [2.24, 2.45) is 5.73 Å². The third-order valence-corrected chi connectivity index (χ3v) is 1.92. The highest BCUT2D eigenvalue weighted by Gasteiger charge is 2.07. The van der Waals surface area contributed by atoms with Crippen LogP contribution in [0.15, 0.2) is 24.9 Å². The van der Waals surface area contributed by atoms with E-state index >= 15 is 0 Å². The number of hydrogen-bond acceptors (Lipinski definition) is 2. The van der Waals surface area contributed by atoms with Gasteiger partial charge in [0.25, 0.3) is 0 Å². The Morgan fingerprint density at radius 1 is 1.58 bits per heavy atom. The van der Waals surface area contributed by atoms with E-state index in [1.54, 1.807) is 12.1 Å². The molecule has 0 amide bonds. The number of pyridine rings is 1. The van der Waals surface area contributed by atoms with E-state index in [4.69, 9.17) is 28.9 Å². The summed E-state index contributed by atoms with van der Waals surface area (Å²) in [5.41, 5.74) is 6.23. The molecule has 0 aliphatic carbocycles. The quantitative estimate of drug-likeness (QED) is 0.750. The van der Waals surface area contributed by atoms with E-state index in [2.05, 4.69) is 11.6 Å². The van der Waals surface area contributed by atoms with Crippen molar-refractivity contribution in [2.45, 2.75) is 6.04 Å². The zero-order valence-electron chi connectivity index (χ0n) is 6.30. The molecule has 1 aromatic heterocycles. The standard InChI is InChI=1S/C8H8Cl2N2/c1-2-7(11)8-6(10)3-5(9)4-12-8/h2-4,7H,1,11H2. The van der Waals surface area contributed by atoms with Gasteiger partial charge in [-0.3, -0.25) is 4.98 Å². The van der Waals surface area contributed by atoms with Gasteiger partial charge in [-0.15, -0.1) is 6.58 Å². The topological polar surface area (TPSA) is 38.9 Å². The zero-order chi connectivity index (χ0) is 9.14. The first-order valence-electron chi connectivity index (χ1n) is 3.34. The Morgan fingerprint density at radius 2 is 2.25 bits per heavy atom. The summed E-state index contributed by atoms with van der Waals surface area (Å²) in [6, 6.07) is 1.27. The molecular formula is C8H8Cl2N2. The van der Waals surface area contributed by atoms with Gasteiger partial charge in [-0.1, -0.05) is 29.3 Å². The lowest BCUT2D eigenvalue weighted by Crippen LogP contribution is -2.09. The summed E-state index contributed by atoms with van der Waals surface area (Å²) in [5, 5.41) is 0.968. The van der Waals surface area contributed by atoms with Crippen LogP contribution in [-0.4, -0.2) is 4.98 Å². The largest absolute Gasteiger partial charge is 0.319 e. The maximum Gasteiger partial charge on any atom is 0.0797 e. The van der Waals surface area contributed by atoms with Crippen molar-refractivity contribution >= 4 is 23.2 Å². The maximum atomic E-state index is 5.83. The van der Waals surface area contributed by atoms with Crippen LogP contribution in [0.2, 0.25) is 10.0 Å². The van der Waals surface area contributed by atoms with Gasteiger partial charge in [0.15, 0.2) is 0 Å². The second kappa shape index (κ2) is 3.90. The van der Waals surface area contributed by atoms with E-state index < -0.39 is 0 Å². The van der Waals surface area contributed by atoms with E-state index in [-0.39, 0.29) is 6.04 Å². The molecule has 0 saturated heterocycles. The van der Waals surface area contributed by atoms with Crippen LogP contribution in [0.4, 0.5) is 0 Å². The number of nitrogens with two attached hydrogens (primary N) is 1. The van der Waals surface area contributed by atoms with Crippen LogP contribution in [-0.2, 0) is 0 Å². The number of aromatic nitrogens is 1. The summed E-state index contributed by atoms with van der Waals surface area (Å²) in [4.78, 5) is 3.99. The normalized spacial score (nSPS) is 12.6. The van der Waals surface area contributed by atoms with Crippen molar-refractivity contribution < 1.29 is 0 Å². The van der Waals surface area contributed by atoms with E-state index in [0.29, 0.717) is 15.7 Å². The van der Waals surface area contributed by atoms with Gasteiger partial charge in [0.05, 0.1) is 21.8 Å². The molecule has 0 aliphatic rings. The van der Waals surface area contributed by atoms with Crippen molar-refractivity contribution in [1.29, 1.82) is 0 Å². The van der Waals surface area contributed by atoms with Gasteiger partial charge in [-0.05, 0) is 6.07 Å². The molecule has 2 nitrogen and oxygen atoms in total. The molecule has 1 heterocycles. The molecule has 0 spiro atoms. The summed E-state index contributed by atoms with van der Waals surface area (Å²) < 4.78 is 0. The number of halogens is 2. The number of rotatable bonds is 2. The van der Waals surface area contributed by atoms with Crippen LogP contribution in [0.25, 0.3) is 0 Å². The Bertz CT molecular complexity index is 299. The van der Waals surface area contributed by atoms with Crippen LogP contribution < -0.4 is 5.73 Å². The summed E-state index contributed by atoms with van der Waals surface area (Å²) in [6.07, 6.45) is 3.08.